The number of aryl methyl sites for hydroxylation is 1. The number of carbonyl (C=O) groups excluding carboxylic acids is 1. The van der Waals surface area contributed by atoms with Gasteiger partial charge in [-0.25, -0.2) is 0 Å². The van der Waals surface area contributed by atoms with Crippen LogP contribution in [0.3, 0.4) is 0 Å². The molecule has 0 aliphatic heterocycles. The number of fused-ring (bicyclic) bond motifs is 1. The summed E-state index contributed by atoms with van der Waals surface area (Å²) in [6.45, 7) is 3.22. The normalized spacial score (nSPS) is 21.2. The Morgan fingerprint density at radius 2 is 2.21 bits per heavy atom. The lowest BCUT2D eigenvalue weighted by Gasteiger charge is -2.29. The molecule has 19 heavy (non-hydrogen) atoms. The van der Waals surface area contributed by atoms with Crippen LogP contribution in [0.15, 0.2) is 24.3 Å². The van der Waals surface area contributed by atoms with Crippen molar-refractivity contribution in [1.29, 1.82) is 0 Å². The fourth-order valence-electron chi connectivity index (χ4n) is 2.79. The highest BCUT2D eigenvalue weighted by Crippen LogP contribution is 2.36. The largest absolute Gasteiger partial charge is 0.394 e. The zero-order chi connectivity index (χ0) is 13.7. The summed E-state index contributed by atoms with van der Waals surface area (Å²) in [6, 6.07) is 8.21. The fraction of sp³-hybridized carbons (Fsp3) is 0.533. The van der Waals surface area contributed by atoms with Gasteiger partial charge in [-0.05, 0) is 30.9 Å². The van der Waals surface area contributed by atoms with Crippen LogP contribution in [0.25, 0.3) is 0 Å². The van der Waals surface area contributed by atoms with E-state index in [4.69, 9.17) is 0 Å². The van der Waals surface area contributed by atoms with Gasteiger partial charge in [0, 0.05) is 19.5 Å². The molecule has 2 rings (SSSR count). The third-order valence-electron chi connectivity index (χ3n) is 3.81. The molecule has 1 aromatic carbocycles. The Bertz CT molecular complexity index is 448. The van der Waals surface area contributed by atoms with Crippen molar-refractivity contribution < 1.29 is 9.90 Å². The molecule has 104 valence electrons. The first-order chi connectivity index (χ1) is 9.22. The molecule has 1 aliphatic rings. The average Bonchev–Trinajstić information content (AvgIpc) is 2.79. The van der Waals surface area contributed by atoms with Crippen LogP contribution < -0.4 is 10.6 Å². The van der Waals surface area contributed by atoms with Gasteiger partial charge >= 0.3 is 0 Å². The molecule has 0 radical (unpaired) electrons. The number of benzene rings is 1. The molecule has 0 fully saturated rings. The summed E-state index contributed by atoms with van der Waals surface area (Å²) < 4.78 is 0. The van der Waals surface area contributed by atoms with Gasteiger partial charge in [0.25, 0.3) is 0 Å². The average molecular weight is 262 g/mol. The molecule has 0 heterocycles. The SMILES string of the molecule is CCNC(=O)CCNC1(CO)CCc2ccccc21. The quantitative estimate of drug-likeness (QED) is 0.715. The van der Waals surface area contributed by atoms with Gasteiger partial charge in [-0.1, -0.05) is 24.3 Å². The van der Waals surface area contributed by atoms with Crippen molar-refractivity contribution in [2.24, 2.45) is 0 Å². The predicted octanol–water partition coefficient (Wildman–Crippen LogP) is 0.936. The van der Waals surface area contributed by atoms with Gasteiger partial charge in [-0.3, -0.25) is 4.79 Å². The molecule has 1 amide bonds. The first-order valence-corrected chi connectivity index (χ1v) is 6.93. The highest BCUT2D eigenvalue weighted by atomic mass is 16.3. The Hall–Kier alpha value is -1.39. The second-order valence-corrected chi connectivity index (χ2v) is 5.03. The Morgan fingerprint density at radius 1 is 1.42 bits per heavy atom. The lowest BCUT2D eigenvalue weighted by Crippen LogP contribution is -2.45. The summed E-state index contributed by atoms with van der Waals surface area (Å²) in [6.07, 6.45) is 2.31. The summed E-state index contributed by atoms with van der Waals surface area (Å²) in [5.41, 5.74) is 2.10. The van der Waals surface area contributed by atoms with Crippen LogP contribution in [0.4, 0.5) is 0 Å². The number of nitrogens with one attached hydrogen (secondary N) is 2. The van der Waals surface area contributed by atoms with Gasteiger partial charge in [0.15, 0.2) is 0 Å². The van der Waals surface area contributed by atoms with Crippen molar-refractivity contribution in [2.75, 3.05) is 19.7 Å². The van der Waals surface area contributed by atoms with Gasteiger partial charge in [-0.15, -0.1) is 0 Å². The minimum Gasteiger partial charge on any atom is -0.394 e. The van der Waals surface area contributed by atoms with Gasteiger partial charge < -0.3 is 15.7 Å². The van der Waals surface area contributed by atoms with E-state index in [0.717, 1.165) is 12.8 Å². The van der Waals surface area contributed by atoms with Crippen molar-refractivity contribution in [3.05, 3.63) is 35.4 Å². The van der Waals surface area contributed by atoms with Gasteiger partial charge in [0.1, 0.15) is 0 Å². The maximum atomic E-state index is 11.4. The summed E-state index contributed by atoms with van der Waals surface area (Å²) in [5, 5.41) is 15.9. The van der Waals surface area contributed by atoms with Crippen LogP contribution in [0.2, 0.25) is 0 Å². The maximum absolute atomic E-state index is 11.4. The zero-order valence-electron chi connectivity index (χ0n) is 11.4. The standard InChI is InChI=1S/C15H22N2O2/c1-2-16-14(19)8-10-17-15(11-18)9-7-12-5-3-4-6-13(12)15/h3-6,17-18H,2,7-11H2,1H3,(H,16,19). The van der Waals surface area contributed by atoms with Crippen LogP contribution in [0.5, 0.6) is 0 Å². The van der Waals surface area contributed by atoms with E-state index in [1.54, 1.807) is 0 Å². The zero-order valence-corrected chi connectivity index (χ0v) is 11.4. The highest BCUT2D eigenvalue weighted by molar-refractivity contribution is 5.75. The molecule has 0 spiro atoms. The molecule has 3 N–H and O–H groups in total. The van der Waals surface area contributed by atoms with Crippen molar-refractivity contribution >= 4 is 5.91 Å². The van der Waals surface area contributed by atoms with E-state index in [1.165, 1.54) is 11.1 Å². The fourth-order valence-corrected chi connectivity index (χ4v) is 2.79. The lowest BCUT2D eigenvalue weighted by molar-refractivity contribution is -0.121. The van der Waals surface area contributed by atoms with Gasteiger partial charge in [0.2, 0.25) is 5.91 Å². The predicted molar refractivity (Wildman–Crippen MR) is 74.8 cm³/mol. The Balaban J connectivity index is 1.99. The smallest absolute Gasteiger partial charge is 0.221 e. The second-order valence-electron chi connectivity index (χ2n) is 5.03. The highest BCUT2D eigenvalue weighted by Gasteiger charge is 2.37. The molecule has 4 nitrogen and oxygen atoms in total. The summed E-state index contributed by atoms with van der Waals surface area (Å²) >= 11 is 0. The molecule has 1 aromatic rings. The molecule has 1 aliphatic carbocycles. The van der Waals surface area contributed by atoms with Crippen LogP contribution >= 0.6 is 0 Å². The first-order valence-electron chi connectivity index (χ1n) is 6.93. The molecule has 0 aromatic heterocycles. The number of amides is 1. The van der Waals surface area contributed by atoms with Gasteiger partial charge in [-0.2, -0.15) is 0 Å². The monoisotopic (exact) mass is 262 g/mol. The number of hydrogen-bond donors (Lipinski definition) is 3. The number of aliphatic hydroxyl groups is 1. The van der Waals surface area contributed by atoms with Crippen molar-refractivity contribution in [3.8, 4) is 0 Å². The van der Waals surface area contributed by atoms with E-state index in [2.05, 4.69) is 22.8 Å². The number of hydrogen-bond acceptors (Lipinski definition) is 3. The van der Waals surface area contributed by atoms with E-state index >= 15 is 0 Å². The Kier molecular flexibility index (Phi) is 4.56. The number of carbonyl (C=O) groups is 1. The van der Waals surface area contributed by atoms with Crippen molar-refractivity contribution in [2.45, 2.75) is 31.7 Å². The molecule has 4 heteroatoms. The molecule has 0 saturated heterocycles. The Labute approximate surface area is 114 Å². The molecular formula is C15H22N2O2. The van der Waals surface area contributed by atoms with E-state index in [0.29, 0.717) is 19.5 Å². The van der Waals surface area contributed by atoms with Crippen molar-refractivity contribution in [1.82, 2.24) is 10.6 Å². The first kappa shape index (κ1) is 14.0. The van der Waals surface area contributed by atoms with Crippen LogP contribution in [-0.4, -0.2) is 30.7 Å². The lowest BCUT2D eigenvalue weighted by atomic mass is 9.92. The number of aliphatic hydroxyl groups excluding tert-OH is 1. The minimum absolute atomic E-state index is 0.0503. The van der Waals surface area contributed by atoms with Gasteiger partial charge in [0.05, 0.1) is 12.1 Å². The van der Waals surface area contributed by atoms with E-state index in [-0.39, 0.29) is 18.1 Å². The van der Waals surface area contributed by atoms with Crippen LogP contribution in [0.1, 0.15) is 30.9 Å². The molecular weight excluding hydrogens is 240 g/mol. The summed E-state index contributed by atoms with van der Waals surface area (Å²) in [4.78, 5) is 11.4. The van der Waals surface area contributed by atoms with Crippen LogP contribution in [-0.2, 0) is 16.8 Å². The minimum atomic E-state index is -0.372. The summed E-state index contributed by atoms with van der Waals surface area (Å²) in [7, 11) is 0. The molecule has 1 atom stereocenters. The van der Waals surface area contributed by atoms with Crippen molar-refractivity contribution in [3.63, 3.8) is 0 Å². The second kappa shape index (κ2) is 6.17. The van der Waals surface area contributed by atoms with E-state index < -0.39 is 0 Å². The summed E-state index contributed by atoms with van der Waals surface area (Å²) in [5.74, 6) is 0.0503. The third kappa shape index (κ3) is 2.96. The maximum Gasteiger partial charge on any atom is 0.221 e. The van der Waals surface area contributed by atoms with Crippen LogP contribution in [0, 0.1) is 0 Å². The molecule has 0 bridgehead atoms. The van der Waals surface area contributed by atoms with E-state index in [9.17, 15) is 9.90 Å². The Morgan fingerprint density at radius 3 is 2.95 bits per heavy atom. The number of rotatable bonds is 6. The van der Waals surface area contributed by atoms with E-state index in [1.807, 2.05) is 19.1 Å². The topological polar surface area (TPSA) is 61.4 Å². The molecule has 1 unspecified atom stereocenters. The molecule has 0 saturated carbocycles. The third-order valence-corrected chi connectivity index (χ3v) is 3.81.